The van der Waals surface area contributed by atoms with E-state index in [0.29, 0.717) is 5.56 Å². The molecule has 2 heterocycles. The summed E-state index contributed by atoms with van der Waals surface area (Å²) in [4.78, 5) is 15.2. The van der Waals surface area contributed by atoms with Gasteiger partial charge >= 0.3 is 5.69 Å². The maximum Gasteiger partial charge on any atom is 0.351 e. The van der Waals surface area contributed by atoms with Gasteiger partial charge in [-0.3, -0.25) is 4.57 Å². The maximum atomic E-state index is 13.8. The number of aromatic nitrogens is 2. The van der Waals surface area contributed by atoms with Crippen LogP contribution >= 0.6 is 0 Å². The van der Waals surface area contributed by atoms with Gasteiger partial charge in [-0.05, 0) is 6.92 Å². The molecule has 94 valence electrons. The predicted molar refractivity (Wildman–Crippen MR) is 58.2 cm³/mol. The Hall–Kier alpha value is -1.47. The summed E-state index contributed by atoms with van der Waals surface area (Å²) in [6.07, 6.45) is 0.666. The van der Waals surface area contributed by atoms with Gasteiger partial charge in [0, 0.05) is 18.2 Å². The molecule has 7 heteroatoms. The molecule has 1 aromatic heterocycles. The molecule has 17 heavy (non-hydrogen) atoms. The normalized spacial score (nSPS) is 28.5. The second kappa shape index (κ2) is 4.08. The number of rotatable bonds is 2. The second-order valence-electron chi connectivity index (χ2n) is 4.28. The topological polar surface area (TPSA) is 90.4 Å². The van der Waals surface area contributed by atoms with Crippen LogP contribution in [0.25, 0.3) is 0 Å². The zero-order valence-corrected chi connectivity index (χ0v) is 9.39. The standard InChI is InChI=1S/C10H14FN3O3/c1-6-3-14(9(16)13-8(6)12)7-2-10(11,4-15)5-17-7/h3,7,15H,2,4-5H2,1H3,(H2,12,13,16)/t7-,10+/m0/s1. The molecular weight excluding hydrogens is 229 g/mol. The average Bonchev–Trinajstić information content (AvgIpc) is 2.67. The number of ether oxygens (including phenoxy) is 1. The first kappa shape index (κ1) is 12.0. The van der Waals surface area contributed by atoms with Gasteiger partial charge in [0.15, 0.2) is 5.67 Å². The lowest BCUT2D eigenvalue weighted by Crippen LogP contribution is -2.30. The summed E-state index contributed by atoms with van der Waals surface area (Å²) in [5, 5.41) is 8.88. The summed E-state index contributed by atoms with van der Waals surface area (Å²) in [5.74, 6) is 0.151. The highest BCUT2D eigenvalue weighted by Gasteiger charge is 2.41. The van der Waals surface area contributed by atoms with Crippen molar-refractivity contribution in [2.45, 2.75) is 25.2 Å². The summed E-state index contributed by atoms with van der Waals surface area (Å²) in [5.41, 5.74) is 3.73. The third-order valence-electron chi connectivity index (χ3n) is 2.84. The first-order valence-corrected chi connectivity index (χ1v) is 5.22. The Balaban J connectivity index is 2.31. The fourth-order valence-electron chi connectivity index (χ4n) is 1.75. The number of aryl methyl sites for hydroxylation is 1. The molecule has 0 spiro atoms. The van der Waals surface area contributed by atoms with Crippen molar-refractivity contribution in [3.05, 3.63) is 22.2 Å². The quantitative estimate of drug-likeness (QED) is 0.747. The van der Waals surface area contributed by atoms with Crippen LogP contribution in [0.3, 0.4) is 0 Å². The van der Waals surface area contributed by atoms with E-state index in [1.807, 2.05) is 0 Å². The van der Waals surface area contributed by atoms with Crippen LogP contribution in [0.4, 0.5) is 10.2 Å². The van der Waals surface area contributed by atoms with Crippen molar-refractivity contribution in [1.82, 2.24) is 9.55 Å². The van der Waals surface area contributed by atoms with E-state index in [1.54, 1.807) is 6.92 Å². The van der Waals surface area contributed by atoms with Gasteiger partial charge in [0.25, 0.3) is 0 Å². The molecule has 6 nitrogen and oxygen atoms in total. The number of halogens is 1. The molecule has 1 fully saturated rings. The zero-order chi connectivity index (χ0) is 12.6. The fraction of sp³-hybridized carbons (Fsp3) is 0.600. The number of hydrogen-bond acceptors (Lipinski definition) is 5. The number of aliphatic hydroxyl groups is 1. The highest BCUT2D eigenvalue weighted by Crippen LogP contribution is 2.33. The summed E-state index contributed by atoms with van der Waals surface area (Å²) in [6, 6.07) is 0. The number of nitrogens with zero attached hydrogens (tertiary/aromatic N) is 2. The van der Waals surface area contributed by atoms with Crippen LogP contribution in [-0.4, -0.2) is 33.5 Å². The lowest BCUT2D eigenvalue weighted by atomic mass is 10.1. The van der Waals surface area contributed by atoms with Gasteiger partial charge in [0.2, 0.25) is 0 Å². The van der Waals surface area contributed by atoms with Gasteiger partial charge in [0.05, 0.1) is 13.2 Å². The summed E-state index contributed by atoms with van der Waals surface area (Å²) >= 11 is 0. The molecule has 1 aromatic rings. The Morgan fingerprint density at radius 2 is 2.53 bits per heavy atom. The van der Waals surface area contributed by atoms with Gasteiger partial charge in [0.1, 0.15) is 12.0 Å². The van der Waals surface area contributed by atoms with Crippen LogP contribution in [0, 0.1) is 6.92 Å². The molecule has 0 bridgehead atoms. The molecule has 1 aliphatic rings. The highest BCUT2D eigenvalue weighted by molar-refractivity contribution is 5.35. The molecular formula is C10H14FN3O3. The van der Waals surface area contributed by atoms with E-state index < -0.39 is 24.2 Å². The lowest BCUT2D eigenvalue weighted by Gasteiger charge is -2.15. The van der Waals surface area contributed by atoms with Crippen molar-refractivity contribution in [1.29, 1.82) is 0 Å². The van der Waals surface area contributed by atoms with E-state index in [1.165, 1.54) is 10.8 Å². The first-order valence-electron chi connectivity index (χ1n) is 5.22. The molecule has 0 amide bonds. The van der Waals surface area contributed by atoms with Crippen molar-refractivity contribution in [2.75, 3.05) is 18.9 Å². The first-order chi connectivity index (χ1) is 7.95. The van der Waals surface area contributed by atoms with Crippen LogP contribution in [0.2, 0.25) is 0 Å². The third-order valence-corrected chi connectivity index (χ3v) is 2.84. The van der Waals surface area contributed by atoms with Crippen LogP contribution in [0.15, 0.2) is 11.0 Å². The number of anilines is 1. The predicted octanol–water partition coefficient (Wildman–Crippen LogP) is -0.247. The molecule has 0 aromatic carbocycles. The number of alkyl halides is 1. The van der Waals surface area contributed by atoms with Crippen LogP contribution in [0.5, 0.6) is 0 Å². The minimum Gasteiger partial charge on any atom is -0.393 e. The molecule has 0 saturated carbocycles. The molecule has 3 N–H and O–H groups in total. The zero-order valence-electron chi connectivity index (χ0n) is 9.39. The van der Waals surface area contributed by atoms with E-state index >= 15 is 0 Å². The van der Waals surface area contributed by atoms with Gasteiger partial charge in [-0.2, -0.15) is 4.98 Å². The lowest BCUT2D eigenvalue weighted by molar-refractivity contribution is 0.0273. The van der Waals surface area contributed by atoms with Crippen LogP contribution in [-0.2, 0) is 4.74 Å². The third kappa shape index (κ3) is 2.16. The molecule has 2 atom stereocenters. The Labute approximate surface area is 96.8 Å². The van der Waals surface area contributed by atoms with Crippen LogP contribution < -0.4 is 11.4 Å². The SMILES string of the molecule is Cc1cn([C@@H]2C[C@@](F)(CO)CO2)c(=O)nc1N. The van der Waals surface area contributed by atoms with Gasteiger partial charge in [-0.25, -0.2) is 9.18 Å². The Bertz CT molecular complexity index is 490. The highest BCUT2D eigenvalue weighted by atomic mass is 19.1. The smallest absolute Gasteiger partial charge is 0.351 e. The van der Waals surface area contributed by atoms with Crippen molar-refractivity contribution in [2.24, 2.45) is 0 Å². The monoisotopic (exact) mass is 243 g/mol. The van der Waals surface area contributed by atoms with Crippen molar-refractivity contribution in [3.8, 4) is 0 Å². The number of nitrogens with two attached hydrogens (primary N) is 1. The number of nitrogen functional groups attached to an aromatic ring is 1. The van der Waals surface area contributed by atoms with Crippen molar-refractivity contribution >= 4 is 5.82 Å². The summed E-state index contributed by atoms with van der Waals surface area (Å²) < 4.78 is 20.1. The molecule has 1 aliphatic heterocycles. The largest absolute Gasteiger partial charge is 0.393 e. The molecule has 0 aliphatic carbocycles. The van der Waals surface area contributed by atoms with E-state index in [2.05, 4.69) is 4.98 Å². The summed E-state index contributed by atoms with van der Waals surface area (Å²) in [7, 11) is 0. The van der Waals surface area contributed by atoms with Gasteiger partial charge < -0.3 is 15.6 Å². The Morgan fingerprint density at radius 1 is 1.82 bits per heavy atom. The van der Waals surface area contributed by atoms with Crippen molar-refractivity contribution in [3.63, 3.8) is 0 Å². The number of aliphatic hydroxyl groups excluding tert-OH is 1. The van der Waals surface area contributed by atoms with E-state index in [4.69, 9.17) is 15.6 Å². The molecule has 0 radical (unpaired) electrons. The Kier molecular flexibility index (Phi) is 2.88. The minimum atomic E-state index is -1.79. The minimum absolute atomic E-state index is 0.0750. The van der Waals surface area contributed by atoms with E-state index in [-0.39, 0.29) is 18.8 Å². The van der Waals surface area contributed by atoms with Crippen LogP contribution in [0.1, 0.15) is 18.2 Å². The molecule has 0 unspecified atom stereocenters. The summed E-state index contributed by atoms with van der Waals surface area (Å²) in [6.45, 7) is 0.839. The molecule has 1 saturated heterocycles. The number of hydrogen-bond donors (Lipinski definition) is 2. The fourth-order valence-corrected chi connectivity index (χ4v) is 1.75. The maximum absolute atomic E-state index is 13.8. The molecule has 2 rings (SSSR count). The van der Waals surface area contributed by atoms with Gasteiger partial charge in [-0.15, -0.1) is 0 Å². The van der Waals surface area contributed by atoms with E-state index in [0.717, 1.165) is 0 Å². The van der Waals surface area contributed by atoms with E-state index in [9.17, 15) is 9.18 Å². The average molecular weight is 243 g/mol. The second-order valence-corrected chi connectivity index (χ2v) is 4.28. The van der Waals surface area contributed by atoms with Crippen molar-refractivity contribution < 1.29 is 14.2 Å². The van der Waals surface area contributed by atoms with Gasteiger partial charge in [-0.1, -0.05) is 0 Å². The Morgan fingerprint density at radius 3 is 3.12 bits per heavy atom.